The molecule has 0 atom stereocenters. The van der Waals surface area contributed by atoms with E-state index in [0.29, 0.717) is 9.79 Å². The highest BCUT2D eigenvalue weighted by Crippen LogP contribution is 2.55. The van der Waals surface area contributed by atoms with Crippen molar-refractivity contribution in [2.75, 3.05) is 9.80 Å². The van der Waals surface area contributed by atoms with Crippen LogP contribution in [-0.4, -0.2) is 8.42 Å². The van der Waals surface area contributed by atoms with E-state index >= 15 is 0 Å². The van der Waals surface area contributed by atoms with Gasteiger partial charge in [0.05, 0.1) is 32.5 Å². The third-order valence-electron chi connectivity index (χ3n) is 9.23. The number of sulfone groups is 1. The van der Waals surface area contributed by atoms with E-state index in [0.717, 1.165) is 68.2 Å². The van der Waals surface area contributed by atoms with Crippen molar-refractivity contribution in [2.24, 2.45) is 0 Å². The summed E-state index contributed by atoms with van der Waals surface area (Å²) >= 11 is 0. The van der Waals surface area contributed by atoms with Gasteiger partial charge in [0.25, 0.3) is 0 Å². The molecule has 0 spiro atoms. The van der Waals surface area contributed by atoms with Crippen molar-refractivity contribution in [2.45, 2.75) is 29.1 Å². The molecule has 3 aliphatic heterocycles. The first-order chi connectivity index (χ1) is 22.3. The smallest absolute Gasteiger partial charge is 0.207 e. The fourth-order valence-corrected chi connectivity index (χ4v) is 8.93. The molecule has 6 nitrogen and oxygen atoms in total. The zero-order valence-electron chi connectivity index (χ0n) is 25.1. The molecule has 224 valence electrons. The van der Waals surface area contributed by atoms with E-state index in [1.165, 1.54) is 0 Å². The van der Waals surface area contributed by atoms with Gasteiger partial charge >= 0.3 is 0 Å². The van der Waals surface area contributed by atoms with Gasteiger partial charge in [0.15, 0.2) is 23.0 Å². The number of ether oxygens (including phenoxy) is 2. The van der Waals surface area contributed by atoms with Crippen LogP contribution in [0.25, 0.3) is 0 Å². The van der Waals surface area contributed by atoms with Gasteiger partial charge in [0.2, 0.25) is 9.84 Å². The Balaban J connectivity index is 1.22. The first-order valence-electron chi connectivity index (χ1n) is 15.2. The summed E-state index contributed by atoms with van der Waals surface area (Å²) < 4.78 is 41.0. The molecule has 9 rings (SSSR count). The van der Waals surface area contributed by atoms with E-state index in [9.17, 15) is 8.42 Å². The summed E-state index contributed by atoms with van der Waals surface area (Å²) in [6.07, 6.45) is 0. The Morgan fingerprint density at radius 2 is 0.804 bits per heavy atom. The predicted molar refractivity (Wildman–Crippen MR) is 180 cm³/mol. The van der Waals surface area contributed by atoms with Crippen LogP contribution in [0.3, 0.4) is 0 Å². The summed E-state index contributed by atoms with van der Waals surface area (Å²) in [5.74, 6) is 2.97. The number of hydrogen-bond acceptors (Lipinski definition) is 6. The van der Waals surface area contributed by atoms with Gasteiger partial charge in [-0.25, -0.2) is 8.42 Å². The van der Waals surface area contributed by atoms with Crippen molar-refractivity contribution in [3.8, 4) is 23.0 Å². The third-order valence-corrected chi connectivity index (χ3v) is 11.1. The van der Waals surface area contributed by atoms with Crippen LogP contribution in [0.4, 0.5) is 34.1 Å². The normalized spacial score (nSPS) is 16.0. The predicted octanol–water partition coefficient (Wildman–Crippen LogP) is 10.3. The SMILES string of the molecule is CC1(C)c2cc(N3c4ccccc4Oc4ccccc43)ccc2S(=O)(=O)c2ccc(N3c4ccccc4Oc4ccccc43)cc21. The molecule has 0 radical (unpaired) electrons. The molecule has 6 aromatic carbocycles. The first-order valence-corrected chi connectivity index (χ1v) is 16.7. The Kier molecular flexibility index (Phi) is 5.53. The number of anilines is 6. The standard InChI is InChI=1S/C39H28N2O4S/c1-39(2)27-23-25(40-29-11-3-7-15-33(29)44-34-16-8-4-12-30(34)40)19-21-37(27)46(42,43)38-22-20-26(24-28(38)39)41-31-13-5-9-17-35(31)45-36-18-10-6-14-32(36)41/h3-24H,1-2H3. The summed E-state index contributed by atoms with van der Waals surface area (Å²) in [4.78, 5) is 4.95. The molecule has 0 aromatic heterocycles. The van der Waals surface area contributed by atoms with Gasteiger partial charge in [-0.05, 0) is 96.1 Å². The van der Waals surface area contributed by atoms with Crippen LogP contribution < -0.4 is 19.3 Å². The summed E-state index contributed by atoms with van der Waals surface area (Å²) in [5, 5.41) is 0. The fraction of sp³-hybridized carbons (Fsp3) is 0.0769. The molecular weight excluding hydrogens is 593 g/mol. The second kappa shape index (κ2) is 9.49. The van der Waals surface area contributed by atoms with Crippen LogP contribution in [0, 0.1) is 0 Å². The molecule has 0 saturated heterocycles. The maximum Gasteiger partial charge on any atom is 0.207 e. The summed E-state index contributed by atoms with van der Waals surface area (Å²) in [6, 6.07) is 43.0. The molecule has 3 aliphatic rings. The van der Waals surface area contributed by atoms with Crippen LogP contribution in [0.5, 0.6) is 23.0 Å². The summed E-state index contributed by atoms with van der Waals surface area (Å²) in [6.45, 7) is 4.21. The van der Waals surface area contributed by atoms with Crippen molar-refractivity contribution >= 4 is 44.0 Å². The van der Waals surface area contributed by atoms with Crippen molar-refractivity contribution < 1.29 is 17.9 Å². The highest BCUT2D eigenvalue weighted by Gasteiger charge is 2.42. The average Bonchev–Trinajstić information content (AvgIpc) is 3.08. The number of nitrogens with zero attached hydrogens (tertiary/aromatic N) is 2. The van der Waals surface area contributed by atoms with Gasteiger partial charge in [0, 0.05) is 16.8 Å². The Hall–Kier alpha value is -5.53. The zero-order valence-corrected chi connectivity index (χ0v) is 26.0. The highest BCUT2D eigenvalue weighted by atomic mass is 32.2. The van der Waals surface area contributed by atoms with Gasteiger partial charge in [-0.1, -0.05) is 62.4 Å². The van der Waals surface area contributed by atoms with Crippen molar-refractivity contribution in [3.05, 3.63) is 145 Å². The van der Waals surface area contributed by atoms with Crippen molar-refractivity contribution in [1.29, 1.82) is 0 Å². The Labute approximate surface area is 267 Å². The number of hydrogen-bond donors (Lipinski definition) is 0. The minimum atomic E-state index is -3.80. The quantitative estimate of drug-likeness (QED) is 0.192. The van der Waals surface area contributed by atoms with E-state index in [2.05, 4.69) is 23.6 Å². The second-order valence-electron chi connectivity index (χ2n) is 12.2. The van der Waals surface area contributed by atoms with E-state index in [1.807, 2.05) is 121 Å². The van der Waals surface area contributed by atoms with Gasteiger partial charge in [-0.3, -0.25) is 0 Å². The average molecular weight is 621 g/mol. The number of fused-ring (bicyclic) bond motifs is 6. The molecule has 0 amide bonds. The summed E-state index contributed by atoms with van der Waals surface area (Å²) in [5.41, 5.74) is 6.16. The Morgan fingerprint density at radius 1 is 0.478 bits per heavy atom. The molecular formula is C39H28N2O4S. The van der Waals surface area contributed by atoms with E-state index < -0.39 is 15.3 Å². The van der Waals surface area contributed by atoms with Gasteiger partial charge in [-0.2, -0.15) is 0 Å². The van der Waals surface area contributed by atoms with Gasteiger partial charge in [-0.15, -0.1) is 0 Å². The lowest BCUT2D eigenvalue weighted by molar-refractivity contribution is 0.477. The van der Waals surface area contributed by atoms with Crippen LogP contribution in [0.2, 0.25) is 0 Å². The molecule has 0 unspecified atom stereocenters. The van der Waals surface area contributed by atoms with E-state index in [4.69, 9.17) is 9.47 Å². The second-order valence-corrected chi connectivity index (χ2v) is 14.1. The molecule has 3 heterocycles. The van der Waals surface area contributed by atoms with Crippen molar-refractivity contribution in [1.82, 2.24) is 0 Å². The maximum absolute atomic E-state index is 14.3. The number of rotatable bonds is 2. The van der Waals surface area contributed by atoms with Gasteiger partial charge in [0.1, 0.15) is 0 Å². The first kappa shape index (κ1) is 26.8. The van der Waals surface area contributed by atoms with Crippen LogP contribution in [-0.2, 0) is 15.3 Å². The molecule has 0 N–H and O–H groups in total. The number of para-hydroxylation sites is 8. The van der Waals surface area contributed by atoms with Crippen LogP contribution in [0.15, 0.2) is 143 Å². The lowest BCUT2D eigenvalue weighted by atomic mass is 9.77. The Bertz CT molecular complexity index is 2100. The van der Waals surface area contributed by atoms with Crippen molar-refractivity contribution in [3.63, 3.8) is 0 Å². The Morgan fingerprint density at radius 3 is 1.15 bits per heavy atom. The molecule has 0 saturated carbocycles. The monoisotopic (exact) mass is 620 g/mol. The molecule has 46 heavy (non-hydrogen) atoms. The topological polar surface area (TPSA) is 59.1 Å². The third kappa shape index (κ3) is 3.72. The molecule has 0 bridgehead atoms. The largest absolute Gasteiger partial charge is 0.453 e. The molecule has 0 fully saturated rings. The number of benzene rings is 6. The molecule has 7 heteroatoms. The summed E-state index contributed by atoms with van der Waals surface area (Å²) in [7, 11) is -3.80. The molecule has 6 aromatic rings. The highest BCUT2D eigenvalue weighted by molar-refractivity contribution is 7.91. The van der Waals surface area contributed by atoms with Crippen LogP contribution in [0.1, 0.15) is 25.0 Å². The van der Waals surface area contributed by atoms with Gasteiger partial charge < -0.3 is 19.3 Å². The maximum atomic E-state index is 14.3. The van der Waals surface area contributed by atoms with E-state index in [-0.39, 0.29) is 0 Å². The lowest BCUT2D eigenvalue weighted by Gasteiger charge is -2.38. The minimum Gasteiger partial charge on any atom is -0.453 e. The lowest BCUT2D eigenvalue weighted by Crippen LogP contribution is -2.30. The zero-order chi connectivity index (χ0) is 31.2. The minimum absolute atomic E-state index is 0.332. The molecule has 0 aliphatic carbocycles. The fourth-order valence-electron chi connectivity index (χ4n) is 6.99. The van der Waals surface area contributed by atoms with E-state index in [1.54, 1.807) is 12.1 Å². The van der Waals surface area contributed by atoms with Crippen LogP contribution >= 0.6 is 0 Å².